The molecular weight excluding hydrogens is 396 g/mol. The predicted molar refractivity (Wildman–Crippen MR) is 115 cm³/mol. The first kappa shape index (κ1) is 20.3. The summed E-state index contributed by atoms with van der Waals surface area (Å²) in [7, 11) is 0. The van der Waals surface area contributed by atoms with Gasteiger partial charge in [0.1, 0.15) is 18.1 Å². The minimum Gasteiger partial charge on any atom is -0.492 e. The highest BCUT2D eigenvalue weighted by molar-refractivity contribution is 6.03. The second kappa shape index (κ2) is 9.25. The first-order valence-corrected chi connectivity index (χ1v) is 10.1. The molecular formula is C23H22N4O4. The highest BCUT2D eigenvalue weighted by atomic mass is 16.5. The number of rotatable bonds is 8. The Balaban J connectivity index is 1.39. The smallest absolute Gasteiger partial charge is 0.276 e. The van der Waals surface area contributed by atoms with Gasteiger partial charge < -0.3 is 15.4 Å². The van der Waals surface area contributed by atoms with Crippen molar-refractivity contribution in [3.05, 3.63) is 88.3 Å². The maximum Gasteiger partial charge on any atom is 0.276 e. The highest BCUT2D eigenvalue weighted by Crippen LogP contribution is 2.20. The van der Waals surface area contributed by atoms with Gasteiger partial charge in [-0.15, -0.1) is 0 Å². The van der Waals surface area contributed by atoms with Gasteiger partial charge in [0, 0.05) is 23.4 Å². The van der Waals surface area contributed by atoms with Gasteiger partial charge in [0.15, 0.2) is 0 Å². The van der Waals surface area contributed by atoms with Crippen LogP contribution in [0, 0.1) is 0 Å². The topological polar surface area (TPSA) is 102 Å². The van der Waals surface area contributed by atoms with Gasteiger partial charge in [-0.3, -0.25) is 14.4 Å². The molecule has 1 aliphatic carbocycles. The minimum atomic E-state index is -0.475. The van der Waals surface area contributed by atoms with Crippen LogP contribution >= 0.6 is 0 Å². The molecule has 4 rings (SSSR count). The Morgan fingerprint density at radius 2 is 1.81 bits per heavy atom. The zero-order valence-electron chi connectivity index (χ0n) is 16.8. The van der Waals surface area contributed by atoms with Gasteiger partial charge in [-0.05, 0) is 49.2 Å². The summed E-state index contributed by atoms with van der Waals surface area (Å²) in [5, 5.41) is 9.77. The van der Waals surface area contributed by atoms with Crippen molar-refractivity contribution in [3.8, 4) is 5.75 Å². The summed E-state index contributed by atoms with van der Waals surface area (Å²) in [6.07, 6.45) is 2.00. The number of nitrogens with one attached hydrogen (secondary N) is 2. The number of ether oxygens (including phenoxy) is 1. The van der Waals surface area contributed by atoms with Crippen molar-refractivity contribution in [2.75, 3.05) is 11.9 Å². The number of hydrogen-bond donors (Lipinski definition) is 2. The number of anilines is 1. The maximum atomic E-state index is 12.6. The van der Waals surface area contributed by atoms with E-state index in [1.807, 2.05) is 30.3 Å². The fourth-order valence-electron chi connectivity index (χ4n) is 2.93. The third-order valence-electron chi connectivity index (χ3n) is 4.71. The summed E-state index contributed by atoms with van der Waals surface area (Å²) in [5.41, 5.74) is 0.709. The van der Waals surface area contributed by atoms with Crippen LogP contribution in [0.15, 0.2) is 71.5 Å². The SMILES string of the molecule is O=C(NC1CC1)c1cccc(NC(=O)c2ccc(=O)n(CCOc3ccccc3)n2)c1. The third kappa shape index (κ3) is 5.57. The fourth-order valence-corrected chi connectivity index (χ4v) is 2.93. The molecule has 1 fully saturated rings. The Bertz CT molecular complexity index is 1140. The molecule has 0 saturated heterocycles. The number of hydrogen-bond acceptors (Lipinski definition) is 5. The fraction of sp³-hybridized carbons (Fsp3) is 0.217. The summed E-state index contributed by atoms with van der Waals surface area (Å²) in [5.74, 6) is 0.0521. The molecule has 0 unspecified atom stereocenters. The lowest BCUT2D eigenvalue weighted by atomic mass is 10.2. The lowest BCUT2D eigenvalue weighted by Gasteiger charge is -2.10. The van der Waals surface area contributed by atoms with Crippen LogP contribution in [0.1, 0.15) is 33.7 Å². The minimum absolute atomic E-state index is 0.0900. The summed E-state index contributed by atoms with van der Waals surface area (Å²) in [4.78, 5) is 36.9. The Morgan fingerprint density at radius 3 is 2.58 bits per heavy atom. The van der Waals surface area contributed by atoms with Crippen LogP contribution in [0.2, 0.25) is 0 Å². The van der Waals surface area contributed by atoms with Crippen molar-refractivity contribution in [2.45, 2.75) is 25.4 Å². The molecule has 158 valence electrons. The molecule has 2 N–H and O–H groups in total. The molecule has 0 bridgehead atoms. The monoisotopic (exact) mass is 418 g/mol. The average molecular weight is 418 g/mol. The molecule has 3 aromatic rings. The van der Waals surface area contributed by atoms with Gasteiger partial charge >= 0.3 is 0 Å². The average Bonchev–Trinajstić information content (AvgIpc) is 3.60. The molecule has 1 aliphatic rings. The quantitative estimate of drug-likeness (QED) is 0.585. The van der Waals surface area contributed by atoms with E-state index >= 15 is 0 Å². The van der Waals surface area contributed by atoms with Crippen LogP contribution in [0.4, 0.5) is 5.69 Å². The third-order valence-corrected chi connectivity index (χ3v) is 4.71. The van der Waals surface area contributed by atoms with Crippen molar-refractivity contribution < 1.29 is 14.3 Å². The zero-order valence-corrected chi connectivity index (χ0v) is 16.8. The van der Waals surface area contributed by atoms with Crippen LogP contribution < -0.4 is 20.9 Å². The van der Waals surface area contributed by atoms with Crippen molar-refractivity contribution in [1.29, 1.82) is 0 Å². The second-order valence-electron chi connectivity index (χ2n) is 7.22. The van der Waals surface area contributed by atoms with E-state index in [0.29, 0.717) is 17.0 Å². The van der Waals surface area contributed by atoms with Crippen molar-refractivity contribution in [2.24, 2.45) is 0 Å². The van der Waals surface area contributed by atoms with Gasteiger partial charge in [0.25, 0.3) is 17.4 Å². The Labute approximate surface area is 178 Å². The molecule has 31 heavy (non-hydrogen) atoms. The van der Waals surface area contributed by atoms with E-state index in [1.54, 1.807) is 24.3 Å². The van der Waals surface area contributed by atoms with Crippen LogP contribution in [0.25, 0.3) is 0 Å². The van der Waals surface area contributed by atoms with Gasteiger partial charge in [-0.1, -0.05) is 24.3 Å². The molecule has 1 heterocycles. The summed E-state index contributed by atoms with van der Waals surface area (Å²) >= 11 is 0. The van der Waals surface area contributed by atoms with E-state index in [4.69, 9.17) is 4.74 Å². The van der Waals surface area contributed by atoms with Crippen molar-refractivity contribution in [1.82, 2.24) is 15.1 Å². The first-order valence-electron chi connectivity index (χ1n) is 10.1. The van der Waals surface area contributed by atoms with Gasteiger partial charge in [0.2, 0.25) is 0 Å². The predicted octanol–water partition coefficient (Wildman–Crippen LogP) is 2.47. The molecule has 0 atom stereocenters. The Hall–Kier alpha value is -3.94. The molecule has 2 amide bonds. The van der Waals surface area contributed by atoms with E-state index in [-0.39, 0.29) is 36.4 Å². The molecule has 2 aromatic carbocycles. The van der Waals surface area contributed by atoms with E-state index in [0.717, 1.165) is 12.8 Å². The number of para-hydroxylation sites is 1. The van der Waals surface area contributed by atoms with Crippen LogP contribution in [0.3, 0.4) is 0 Å². The number of amides is 2. The first-order chi connectivity index (χ1) is 15.1. The standard InChI is InChI=1S/C23H22N4O4/c28-21-12-11-20(26-27(21)13-14-31-19-7-2-1-3-8-19)23(30)25-18-6-4-5-16(15-18)22(29)24-17-9-10-17/h1-8,11-12,15,17H,9-10,13-14H2,(H,24,29)(H,25,30). The summed E-state index contributed by atoms with van der Waals surface area (Å²) < 4.78 is 6.78. The van der Waals surface area contributed by atoms with Crippen molar-refractivity contribution in [3.63, 3.8) is 0 Å². The van der Waals surface area contributed by atoms with Gasteiger partial charge in [-0.25, -0.2) is 4.68 Å². The normalized spacial score (nSPS) is 12.8. The Morgan fingerprint density at radius 1 is 1.00 bits per heavy atom. The number of benzene rings is 2. The number of nitrogens with zero attached hydrogens (tertiary/aromatic N) is 2. The van der Waals surface area contributed by atoms with Crippen LogP contribution in [-0.2, 0) is 6.54 Å². The molecule has 0 spiro atoms. The van der Waals surface area contributed by atoms with E-state index in [1.165, 1.54) is 16.8 Å². The van der Waals surface area contributed by atoms with E-state index in [9.17, 15) is 14.4 Å². The summed E-state index contributed by atoms with van der Waals surface area (Å²) in [6.45, 7) is 0.436. The molecule has 0 aliphatic heterocycles. The van der Waals surface area contributed by atoms with Crippen molar-refractivity contribution >= 4 is 17.5 Å². The number of carbonyl (C=O) groups is 2. The van der Waals surface area contributed by atoms with Crippen LogP contribution in [0.5, 0.6) is 5.75 Å². The highest BCUT2D eigenvalue weighted by Gasteiger charge is 2.23. The van der Waals surface area contributed by atoms with E-state index < -0.39 is 5.91 Å². The summed E-state index contributed by atoms with van der Waals surface area (Å²) in [6, 6.07) is 18.8. The lowest BCUT2D eigenvalue weighted by molar-refractivity contribution is 0.0949. The molecule has 1 saturated carbocycles. The number of carbonyl (C=O) groups excluding carboxylic acids is 2. The molecule has 0 radical (unpaired) electrons. The maximum absolute atomic E-state index is 12.6. The Kier molecular flexibility index (Phi) is 6.07. The van der Waals surface area contributed by atoms with Gasteiger partial charge in [0.05, 0.1) is 6.54 Å². The molecule has 8 heteroatoms. The zero-order chi connectivity index (χ0) is 21.6. The largest absolute Gasteiger partial charge is 0.492 e. The molecule has 1 aromatic heterocycles. The second-order valence-corrected chi connectivity index (χ2v) is 7.22. The molecule has 8 nitrogen and oxygen atoms in total. The van der Waals surface area contributed by atoms with E-state index in [2.05, 4.69) is 15.7 Å². The number of aromatic nitrogens is 2. The lowest BCUT2D eigenvalue weighted by Crippen LogP contribution is -2.28. The van der Waals surface area contributed by atoms with Gasteiger partial charge in [-0.2, -0.15) is 5.10 Å². The van der Waals surface area contributed by atoms with Crippen LogP contribution in [-0.4, -0.2) is 34.2 Å².